The Bertz CT molecular complexity index is 352. The van der Waals surface area contributed by atoms with Gasteiger partial charge in [0.1, 0.15) is 11.5 Å². The molecule has 0 spiro atoms. The summed E-state index contributed by atoms with van der Waals surface area (Å²) in [6, 6.07) is 6.57. The van der Waals surface area contributed by atoms with Crippen LogP contribution in [0.3, 0.4) is 0 Å². The molecule has 1 rings (SSSR count). The number of hydrogen-bond acceptors (Lipinski definition) is 4. The highest BCUT2D eigenvalue weighted by atomic mass is 35.7. The molecule has 0 aliphatic heterocycles. The summed E-state index contributed by atoms with van der Waals surface area (Å²) >= 11 is 5.52. The topological polar surface area (TPSA) is 44.8 Å². The molecule has 0 heterocycles. The van der Waals surface area contributed by atoms with Crippen LogP contribution in [0.1, 0.15) is 6.92 Å². The van der Waals surface area contributed by atoms with E-state index in [-0.39, 0.29) is 6.61 Å². The Morgan fingerprint density at radius 3 is 2.27 bits per heavy atom. The van der Waals surface area contributed by atoms with Crippen molar-refractivity contribution < 1.29 is 18.3 Å². The van der Waals surface area contributed by atoms with Crippen molar-refractivity contribution in [2.45, 2.75) is 6.92 Å². The Morgan fingerprint density at radius 1 is 1.27 bits per heavy atom. The Balaban J connectivity index is 2.68. The summed E-state index contributed by atoms with van der Waals surface area (Å²) in [5, 5.41) is 0. The van der Waals surface area contributed by atoms with Gasteiger partial charge in [-0.1, -0.05) is 0 Å². The lowest BCUT2D eigenvalue weighted by Crippen LogP contribution is -1.92. The van der Waals surface area contributed by atoms with Crippen LogP contribution in [-0.2, 0) is 9.09 Å². The zero-order valence-electron chi connectivity index (χ0n) is 8.47. The van der Waals surface area contributed by atoms with Crippen molar-refractivity contribution in [1.82, 2.24) is 0 Å². The molecule has 0 unspecified atom stereocenters. The summed E-state index contributed by atoms with van der Waals surface area (Å²) in [5.41, 5.74) is 0. The molecule has 4 nitrogen and oxygen atoms in total. The first-order valence-electron chi connectivity index (χ1n) is 4.35. The molecule has 0 fully saturated rings. The van der Waals surface area contributed by atoms with Gasteiger partial charge in [0.15, 0.2) is 0 Å². The minimum Gasteiger partial charge on any atom is -0.497 e. The van der Waals surface area contributed by atoms with Crippen molar-refractivity contribution >= 4 is 18.2 Å². The second-order valence-electron chi connectivity index (χ2n) is 2.62. The third-order valence-corrected chi connectivity index (χ3v) is 3.05. The van der Waals surface area contributed by atoms with Crippen LogP contribution in [-0.4, -0.2) is 13.7 Å². The molecule has 0 radical (unpaired) electrons. The van der Waals surface area contributed by atoms with Crippen LogP contribution in [0.4, 0.5) is 0 Å². The van der Waals surface area contributed by atoms with E-state index in [1.54, 1.807) is 38.3 Å². The maximum atomic E-state index is 11.4. The van der Waals surface area contributed by atoms with Gasteiger partial charge in [-0.25, -0.2) is 4.57 Å². The monoisotopic (exact) mass is 250 g/mol. The molecule has 0 saturated carbocycles. The molecule has 6 heteroatoms. The van der Waals surface area contributed by atoms with E-state index in [4.69, 9.17) is 25.0 Å². The zero-order chi connectivity index (χ0) is 11.3. The molecule has 0 saturated heterocycles. The predicted octanol–water partition coefficient (Wildman–Crippen LogP) is 3.46. The number of rotatable bonds is 5. The van der Waals surface area contributed by atoms with Gasteiger partial charge in [0, 0.05) is 11.2 Å². The fraction of sp³-hybridized carbons (Fsp3) is 0.333. The van der Waals surface area contributed by atoms with E-state index < -0.39 is 6.95 Å². The maximum Gasteiger partial charge on any atom is 0.476 e. The van der Waals surface area contributed by atoms with Gasteiger partial charge >= 0.3 is 6.95 Å². The fourth-order valence-electron chi connectivity index (χ4n) is 0.943. The Labute approximate surface area is 93.4 Å². The highest BCUT2D eigenvalue weighted by Crippen LogP contribution is 2.53. The summed E-state index contributed by atoms with van der Waals surface area (Å²) in [4.78, 5) is 0. The number of ether oxygens (including phenoxy) is 1. The number of hydrogen-bond donors (Lipinski definition) is 0. The van der Waals surface area contributed by atoms with E-state index in [0.717, 1.165) is 0 Å². The fourth-order valence-corrected chi connectivity index (χ4v) is 2.21. The van der Waals surface area contributed by atoms with Gasteiger partial charge in [0.2, 0.25) is 0 Å². The Kier molecular flexibility index (Phi) is 4.45. The summed E-state index contributed by atoms with van der Waals surface area (Å²) in [6.45, 7) is -1.59. The van der Waals surface area contributed by atoms with Crippen molar-refractivity contribution in [2.75, 3.05) is 13.7 Å². The predicted molar refractivity (Wildman–Crippen MR) is 58.7 cm³/mol. The van der Waals surface area contributed by atoms with Crippen LogP contribution in [0.2, 0.25) is 0 Å². The lowest BCUT2D eigenvalue weighted by Gasteiger charge is -2.11. The highest BCUT2D eigenvalue weighted by molar-refractivity contribution is 7.81. The smallest absolute Gasteiger partial charge is 0.476 e. The third kappa shape index (κ3) is 4.12. The minimum atomic E-state index is -3.51. The quantitative estimate of drug-likeness (QED) is 0.751. The molecule has 0 N–H and O–H groups in total. The van der Waals surface area contributed by atoms with Crippen LogP contribution in [0.5, 0.6) is 11.5 Å². The molecule has 84 valence electrons. The largest absolute Gasteiger partial charge is 0.497 e. The molecule has 1 aromatic carbocycles. The molecule has 1 aromatic rings. The van der Waals surface area contributed by atoms with Gasteiger partial charge < -0.3 is 9.26 Å². The van der Waals surface area contributed by atoms with Crippen LogP contribution >= 0.6 is 18.2 Å². The van der Waals surface area contributed by atoms with E-state index in [2.05, 4.69) is 0 Å². The molecular formula is C9H12ClO4P. The van der Waals surface area contributed by atoms with Crippen LogP contribution in [0, 0.1) is 0 Å². The number of halogens is 1. The van der Waals surface area contributed by atoms with E-state index in [1.807, 2.05) is 0 Å². The molecule has 0 aliphatic carbocycles. The van der Waals surface area contributed by atoms with Crippen LogP contribution in [0.25, 0.3) is 0 Å². The van der Waals surface area contributed by atoms with Crippen molar-refractivity contribution in [3.63, 3.8) is 0 Å². The van der Waals surface area contributed by atoms with Crippen molar-refractivity contribution in [1.29, 1.82) is 0 Å². The summed E-state index contributed by atoms with van der Waals surface area (Å²) in [5.74, 6) is 1.06. The van der Waals surface area contributed by atoms with Crippen LogP contribution < -0.4 is 9.26 Å². The van der Waals surface area contributed by atoms with E-state index in [1.165, 1.54) is 0 Å². The van der Waals surface area contributed by atoms with Crippen molar-refractivity contribution in [3.8, 4) is 11.5 Å². The summed E-state index contributed by atoms with van der Waals surface area (Å²) in [7, 11) is 1.56. The number of methoxy groups -OCH3 is 1. The highest BCUT2D eigenvalue weighted by Gasteiger charge is 2.21. The SMILES string of the molecule is CCO[P@@](=O)(Cl)Oc1ccc(OC)cc1. The van der Waals surface area contributed by atoms with Crippen molar-refractivity contribution in [3.05, 3.63) is 24.3 Å². The molecule has 1 atom stereocenters. The van der Waals surface area contributed by atoms with Gasteiger partial charge in [-0.05, 0) is 31.2 Å². The normalized spacial score (nSPS) is 14.3. The van der Waals surface area contributed by atoms with E-state index in [0.29, 0.717) is 11.5 Å². The maximum absolute atomic E-state index is 11.4. The van der Waals surface area contributed by atoms with Gasteiger partial charge in [-0.15, -0.1) is 0 Å². The van der Waals surface area contributed by atoms with E-state index in [9.17, 15) is 4.57 Å². The Hall–Kier alpha value is -0.700. The molecule has 0 amide bonds. The minimum absolute atomic E-state index is 0.233. The van der Waals surface area contributed by atoms with Gasteiger partial charge in [0.05, 0.1) is 13.7 Å². The van der Waals surface area contributed by atoms with Gasteiger partial charge in [-0.3, -0.25) is 4.52 Å². The number of benzene rings is 1. The Morgan fingerprint density at radius 2 is 1.80 bits per heavy atom. The second-order valence-corrected chi connectivity index (χ2v) is 5.16. The zero-order valence-corrected chi connectivity index (χ0v) is 10.1. The molecule has 0 aromatic heterocycles. The third-order valence-electron chi connectivity index (χ3n) is 1.56. The van der Waals surface area contributed by atoms with Crippen molar-refractivity contribution in [2.24, 2.45) is 0 Å². The molecule has 0 aliphatic rings. The first-order chi connectivity index (χ1) is 7.07. The van der Waals surface area contributed by atoms with E-state index >= 15 is 0 Å². The standard InChI is InChI=1S/C9H12ClO4P/c1-3-13-15(10,11)14-9-6-4-8(12-2)5-7-9/h4-7H,3H2,1-2H3/t15-/m0/s1. The second kappa shape index (κ2) is 5.40. The average Bonchev–Trinajstić information content (AvgIpc) is 2.18. The average molecular weight is 251 g/mol. The molecular weight excluding hydrogens is 239 g/mol. The first-order valence-corrected chi connectivity index (χ1v) is 6.80. The lowest BCUT2D eigenvalue weighted by atomic mass is 10.3. The summed E-state index contributed by atoms with van der Waals surface area (Å²) in [6.07, 6.45) is 0. The molecule has 15 heavy (non-hydrogen) atoms. The van der Waals surface area contributed by atoms with Gasteiger partial charge in [-0.2, -0.15) is 0 Å². The lowest BCUT2D eigenvalue weighted by molar-refractivity contribution is 0.294. The molecule has 0 bridgehead atoms. The van der Waals surface area contributed by atoms with Gasteiger partial charge in [0.25, 0.3) is 0 Å². The first kappa shape index (κ1) is 12.4. The van der Waals surface area contributed by atoms with Crippen LogP contribution in [0.15, 0.2) is 24.3 Å². The summed E-state index contributed by atoms with van der Waals surface area (Å²) < 4.78 is 26.1.